The molecule has 1 amide bonds. The van der Waals surface area contributed by atoms with E-state index in [1.165, 1.54) is 22.9 Å². The van der Waals surface area contributed by atoms with E-state index in [4.69, 9.17) is 4.99 Å². The maximum Gasteiger partial charge on any atom is 0.271 e. The molecule has 0 radical (unpaired) electrons. The van der Waals surface area contributed by atoms with Gasteiger partial charge in [0.25, 0.3) is 5.91 Å². The molecule has 0 spiro atoms. The molecule has 3 aromatic rings. The third-order valence-corrected chi connectivity index (χ3v) is 6.57. The van der Waals surface area contributed by atoms with E-state index in [1.54, 1.807) is 4.90 Å². The Morgan fingerprint density at radius 3 is 1.88 bits per heavy atom. The molecular weight excluding hydrogens is 412 g/mol. The Hall–Kier alpha value is -3.11. The molecule has 1 aliphatic heterocycles. The quantitative estimate of drug-likeness (QED) is 0.399. The summed E-state index contributed by atoms with van der Waals surface area (Å²) in [6.45, 7) is 12.5. The molecule has 1 fully saturated rings. The second kappa shape index (κ2) is 8.79. The van der Waals surface area contributed by atoms with Crippen molar-refractivity contribution in [1.29, 1.82) is 0 Å². The van der Waals surface area contributed by atoms with E-state index in [2.05, 4.69) is 65.8 Å². The maximum absolute atomic E-state index is 13.7. The van der Waals surface area contributed by atoms with Gasteiger partial charge in [0.15, 0.2) is 5.17 Å². The summed E-state index contributed by atoms with van der Waals surface area (Å²) in [5.41, 5.74) is 9.62. The van der Waals surface area contributed by atoms with Gasteiger partial charge in [-0.1, -0.05) is 65.7 Å². The summed E-state index contributed by atoms with van der Waals surface area (Å²) >= 11 is 1.44. The van der Waals surface area contributed by atoms with Crippen molar-refractivity contribution < 1.29 is 4.79 Å². The van der Waals surface area contributed by atoms with Gasteiger partial charge in [0.2, 0.25) is 0 Å². The molecule has 1 heterocycles. The number of anilines is 1. The lowest BCUT2D eigenvalue weighted by Crippen LogP contribution is -2.30. The van der Waals surface area contributed by atoms with Crippen LogP contribution in [0, 0.1) is 41.5 Å². The second-order valence-corrected chi connectivity index (χ2v) is 9.56. The van der Waals surface area contributed by atoms with Gasteiger partial charge in [-0.25, -0.2) is 4.99 Å². The first-order valence-corrected chi connectivity index (χ1v) is 11.6. The monoisotopic (exact) mass is 440 g/mol. The van der Waals surface area contributed by atoms with Crippen LogP contribution in [0.5, 0.6) is 0 Å². The van der Waals surface area contributed by atoms with Crippen molar-refractivity contribution in [3.8, 4) is 0 Å². The standard InChI is InChI=1S/C28H28N2OS/c1-17-12-19(3)25(20(4)13-17)29-28-30(26-21(5)14-18(2)15-22(26)6)27(31)24(32-28)16-23-10-8-7-9-11-23/h7-16H,1-6H3/b24-16+,29-28?. The minimum atomic E-state index is -0.0323. The Balaban J connectivity index is 1.90. The van der Waals surface area contributed by atoms with E-state index < -0.39 is 0 Å². The molecule has 3 aromatic carbocycles. The van der Waals surface area contributed by atoms with Crippen molar-refractivity contribution in [3.63, 3.8) is 0 Å². The first-order valence-electron chi connectivity index (χ1n) is 10.8. The van der Waals surface area contributed by atoms with Gasteiger partial charge < -0.3 is 0 Å². The molecule has 0 unspecified atom stereocenters. The SMILES string of the molecule is Cc1cc(C)c(N=C2S/C(=C/c3ccccc3)C(=O)N2c2c(C)cc(C)cc2C)c(C)c1. The average Bonchev–Trinajstić information content (AvgIpc) is 3.00. The molecule has 162 valence electrons. The highest BCUT2D eigenvalue weighted by Gasteiger charge is 2.36. The summed E-state index contributed by atoms with van der Waals surface area (Å²) in [6.07, 6.45) is 1.95. The third-order valence-electron chi connectivity index (χ3n) is 5.61. The van der Waals surface area contributed by atoms with Gasteiger partial charge in [-0.2, -0.15) is 0 Å². The van der Waals surface area contributed by atoms with Crippen molar-refractivity contribution in [2.45, 2.75) is 41.5 Å². The molecule has 0 bridgehead atoms. The van der Waals surface area contributed by atoms with Crippen LogP contribution in [0.25, 0.3) is 6.08 Å². The summed E-state index contributed by atoms with van der Waals surface area (Å²) in [5, 5.41) is 0.697. The van der Waals surface area contributed by atoms with Gasteiger partial charge in [-0.15, -0.1) is 0 Å². The number of hydrogen-bond donors (Lipinski definition) is 0. The molecule has 32 heavy (non-hydrogen) atoms. The first-order chi connectivity index (χ1) is 15.2. The molecule has 4 rings (SSSR count). The van der Waals surface area contributed by atoms with Crippen molar-refractivity contribution in [2.24, 2.45) is 4.99 Å². The molecule has 0 aromatic heterocycles. The third kappa shape index (κ3) is 4.28. The average molecular weight is 441 g/mol. The topological polar surface area (TPSA) is 32.7 Å². The number of aryl methyl sites for hydroxylation is 6. The fraction of sp³-hybridized carbons (Fsp3) is 0.214. The second-order valence-electron chi connectivity index (χ2n) is 8.55. The van der Waals surface area contributed by atoms with Gasteiger partial charge in [0.05, 0.1) is 16.3 Å². The lowest BCUT2D eigenvalue weighted by molar-refractivity contribution is -0.113. The van der Waals surface area contributed by atoms with Crippen molar-refractivity contribution in [1.82, 2.24) is 0 Å². The number of amidine groups is 1. The van der Waals surface area contributed by atoms with E-state index in [-0.39, 0.29) is 5.91 Å². The van der Waals surface area contributed by atoms with Crippen LogP contribution in [0.3, 0.4) is 0 Å². The maximum atomic E-state index is 13.7. The molecule has 0 N–H and O–H groups in total. The number of hydrogen-bond acceptors (Lipinski definition) is 3. The summed E-state index contributed by atoms with van der Waals surface area (Å²) < 4.78 is 0. The molecule has 1 aliphatic rings. The van der Waals surface area contributed by atoms with Crippen LogP contribution in [0.15, 0.2) is 64.5 Å². The minimum absolute atomic E-state index is 0.0323. The van der Waals surface area contributed by atoms with Crippen LogP contribution in [0.1, 0.15) is 38.9 Å². The number of benzene rings is 3. The number of aliphatic imine (C=N–C) groups is 1. The molecule has 0 atom stereocenters. The minimum Gasteiger partial charge on any atom is -0.268 e. The highest BCUT2D eigenvalue weighted by molar-refractivity contribution is 8.19. The van der Waals surface area contributed by atoms with Crippen molar-refractivity contribution >= 4 is 40.3 Å². The van der Waals surface area contributed by atoms with Crippen LogP contribution < -0.4 is 4.90 Å². The summed E-state index contributed by atoms with van der Waals surface area (Å²) in [5.74, 6) is -0.0323. The van der Waals surface area contributed by atoms with Gasteiger partial charge in [-0.3, -0.25) is 9.69 Å². The van der Waals surface area contributed by atoms with E-state index in [1.807, 2.05) is 36.4 Å². The highest BCUT2D eigenvalue weighted by Crippen LogP contribution is 2.41. The molecule has 1 saturated heterocycles. The Morgan fingerprint density at radius 2 is 1.31 bits per heavy atom. The Bertz CT molecular complexity index is 1230. The van der Waals surface area contributed by atoms with Crippen molar-refractivity contribution in [2.75, 3.05) is 4.90 Å². The van der Waals surface area contributed by atoms with Gasteiger partial charge in [-0.05, 0) is 87.2 Å². The first kappa shape index (κ1) is 22.1. The fourth-order valence-corrected chi connectivity index (χ4v) is 5.39. The lowest BCUT2D eigenvalue weighted by atomic mass is 10.0. The predicted octanol–water partition coefficient (Wildman–Crippen LogP) is 7.35. The summed E-state index contributed by atoms with van der Waals surface area (Å²) in [6, 6.07) is 18.5. The van der Waals surface area contributed by atoms with Crippen LogP contribution >= 0.6 is 11.8 Å². The molecular formula is C28H28N2OS. The zero-order chi connectivity index (χ0) is 23.0. The smallest absolute Gasteiger partial charge is 0.268 e. The van der Waals surface area contributed by atoms with Crippen LogP contribution in [-0.2, 0) is 4.79 Å². The number of thioether (sulfide) groups is 1. The number of amides is 1. The number of carbonyl (C=O) groups is 1. The number of carbonyl (C=O) groups excluding carboxylic acids is 1. The molecule has 4 heteroatoms. The highest BCUT2D eigenvalue weighted by atomic mass is 32.2. The lowest BCUT2D eigenvalue weighted by Gasteiger charge is -2.21. The van der Waals surface area contributed by atoms with E-state index in [9.17, 15) is 4.79 Å². The fourth-order valence-electron chi connectivity index (χ4n) is 4.42. The summed E-state index contributed by atoms with van der Waals surface area (Å²) in [4.78, 5) is 21.2. The van der Waals surface area contributed by atoms with E-state index in [0.29, 0.717) is 10.1 Å². The van der Waals surface area contributed by atoms with Crippen LogP contribution in [-0.4, -0.2) is 11.1 Å². The van der Waals surface area contributed by atoms with Crippen LogP contribution in [0.2, 0.25) is 0 Å². The van der Waals surface area contributed by atoms with E-state index in [0.717, 1.165) is 39.2 Å². The predicted molar refractivity (Wildman–Crippen MR) is 138 cm³/mol. The normalized spacial score (nSPS) is 16.4. The zero-order valence-corrected chi connectivity index (χ0v) is 20.3. The summed E-state index contributed by atoms with van der Waals surface area (Å²) in [7, 11) is 0. The van der Waals surface area contributed by atoms with Gasteiger partial charge >= 0.3 is 0 Å². The number of nitrogens with zero attached hydrogens (tertiary/aromatic N) is 2. The van der Waals surface area contributed by atoms with Crippen molar-refractivity contribution in [3.05, 3.63) is 98.4 Å². The Labute approximate surface area is 194 Å². The van der Waals surface area contributed by atoms with Gasteiger partial charge in [0.1, 0.15) is 0 Å². The largest absolute Gasteiger partial charge is 0.271 e. The van der Waals surface area contributed by atoms with Gasteiger partial charge in [0, 0.05) is 0 Å². The Morgan fingerprint density at radius 1 is 0.781 bits per heavy atom. The zero-order valence-electron chi connectivity index (χ0n) is 19.5. The molecule has 0 aliphatic carbocycles. The van der Waals surface area contributed by atoms with E-state index >= 15 is 0 Å². The molecule has 3 nitrogen and oxygen atoms in total. The molecule has 0 saturated carbocycles. The van der Waals surface area contributed by atoms with Crippen LogP contribution in [0.4, 0.5) is 11.4 Å². The Kier molecular flexibility index (Phi) is 6.07. The number of rotatable bonds is 3.